The number of aryl methyl sites for hydroxylation is 1. The lowest BCUT2D eigenvalue weighted by molar-refractivity contribution is -0.384. The average Bonchev–Trinajstić information content (AvgIpc) is 3.44. The fraction of sp³-hybridized carbons (Fsp3) is 0.0769. The van der Waals surface area contributed by atoms with Crippen molar-refractivity contribution in [3.8, 4) is 17.3 Å². The van der Waals surface area contributed by atoms with E-state index < -0.39 is 4.92 Å². The Labute approximate surface area is 200 Å². The molecule has 0 aliphatic heterocycles. The predicted molar refractivity (Wildman–Crippen MR) is 135 cm³/mol. The van der Waals surface area contributed by atoms with Crippen molar-refractivity contribution < 1.29 is 10.0 Å². The van der Waals surface area contributed by atoms with Crippen LogP contribution in [0.1, 0.15) is 16.7 Å². The molecule has 4 N–H and O–H groups in total. The van der Waals surface area contributed by atoms with Crippen LogP contribution in [0.15, 0.2) is 84.1 Å². The number of non-ortho nitro benzene ring substituents is 1. The molecule has 5 aromatic rings. The molecular weight excluding hydrogens is 444 g/mol. The number of nitro benzene ring substituents is 1. The lowest BCUT2D eigenvalue weighted by atomic mass is 9.99. The number of nitro groups is 1. The number of fused-ring (bicyclic) bond motifs is 1. The van der Waals surface area contributed by atoms with E-state index in [-0.39, 0.29) is 11.6 Å². The number of aliphatic imine (C=N–C) groups is 1. The van der Waals surface area contributed by atoms with Gasteiger partial charge in [0, 0.05) is 60.1 Å². The van der Waals surface area contributed by atoms with Crippen LogP contribution in [0.25, 0.3) is 22.3 Å². The SMILES string of the molecule is Cn1ccnc1-c1ccc(N=C(c2ccc(CN)cc2)c2c(O)[nH]c3ccc([N+](=O)[O-])cc23)cc1. The molecule has 0 saturated heterocycles. The van der Waals surface area contributed by atoms with Gasteiger partial charge in [-0.1, -0.05) is 24.3 Å². The second kappa shape index (κ2) is 8.88. The number of aromatic hydroxyl groups is 1. The number of nitrogens with two attached hydrogens (primary N) is 1. The van der Waals surface area contributed by atoms with Crippen molar-refractivity contribution >= 4 is 28.0 Å². The highest BCUT2D eigenvalue weighted by Crippen LogP contribution is 2.34. The fourth-order valence-electron chi connectivity index (χ4n) is 4.04. The standard InChI is InChI=1S/C26H22N6O3/c1-31-13-12-28-25(31)18-6-8-19(9-7-18)29-24(17-4-2-16(15-27)3-5-17)23-21-14-20(32(34)35)10-11-22(21)30-26(23)33/h2-14,30,33H,15,27H2,1H3. The van der Waals surface area contributed by atoms with Crippen molar-refractivity contribution in [3.05, 3.63) is 106 Å². The number of aromatic nitrogens is 3. The highest BCUT2D eigenvalue weighted by Gasteiger charge is 2.21. The van der Waals surface area contributed by atoms with Crippen LogP contribution in [0, 0.1) is 10.1 Å². The van der Waals surface area contributed by atoms with E-state index in [2.05, 4.69) is 9.97 Å². The third-order valence-electron chi connectivity index (χ3n) is 5.86. The molecule has 0 bridgehead atoms. The van der Waals surface area contributed by atoms with Crippen LogP contribution in [0.3, 0.4) is 0 Å². The zero-order chi connectivity index (χ0) is 24.5. The molecule has 0 fully saturated rings. The summed E-state index contributed by atoms with van der Waals surface area (Å²) in [6, 6.07) is 19.5. The first-order valence-corrected chi connectivity index (χ1v) is 10.9. The van der Waals surface area contributed by atoms with Crippen LogP contribution in [0.4, 0.5) is 11.4 Å². The summed E-state index contributed by atoms with van der Waals surface area (Å²) in [5.74, 6) is 0.714. The third kappa shape index (κ3) is 4.16. The van der Waals surface area contributed by atoms with Crippen LogP contribution in [0.2, 0.25) is 0 Å². The number of H-pyrrole nitrogens is 1. The molecule has 0 spiro atoms. The summed E-state index contributed by atoms with van der Waals surface area (Å²) >= 11 is 0. The van der Waals surface area contributed by atoms with Gasteiger partial charge in [-0.05, 0) is 35.9 Å². The summed E-state index contributed by atoms with van der Waals surface area (Å²) in [6.45, 7) is 0.395. The van der Waals surface area contributed by atoms with E-state index in [9.17, 15) is 15.2 Å². The van der Waals surface area contributed by atoms with Crippen LogP contribution in [-0.4, -0.2) is 30.3 Å². The molecule has 35 heavy (non-hydrogen) atoms. The van der Waals surface area contributed by atoms with Gasteiger partial charge in [-0.15, -0.1) is 0 Å². The summed E-state index contributed by atoms with van der Waals surface area (Å²) in [7, 11) is 1.93. The molecule has 9 nitrogen and oxygen atoms in total. The molecule has 9 heteroatoms. The van der Waals surface area contributed by atoms with Gasteiger partial charge in [-0.2, -0.15) is 0 Å². The van der Waals surface area contributed by atoms with Gasteiger partial charge in [0.25, 0.3) is 5.69 Å². The van der Waals surface area contributed by atoms with Gasteiger partial charge in [0.2, 0.25) is 0 Å². The molecule has 0 amide bonds. The number of hydrogen-bond donors (Lipinski definition) is 3. The number of benzene rings is 3. The fourth-order valence-corrected chi connectivity index (χ4v) is 4.04. The molecule has 0 saturated carbocycles. The summed E-state index contributed by atoms with van der Waals surface area (Å²) in [5.41, 5.74) is 10.4. The highest BCUT2D eigenvalue weighted by molar-refractivity contribution is 6.22. The molecule has 0 aliphatic carbocycles. The molecule has 0 radical (unpaired) electrons. The summed E-state index contributed by atoms with van der Waals surface area (Å²) in [4.78, 5) is 23.1. The molecule has 0 unspecified atom stereocenters. The topological polar surface area (TPSA) is 135 Å². The van der Waals surface area contributed by atoms with E-state index in [0.29, 0.717) is 34.4 Å². The Morgan fingerprint density at radius 2 is 1.89 bits per heavy atom. The molecule has 2 aromatic heterocycles. The molecule has 2 heterocycles. The number of rotatable bonds is 6. The first-order chi connectivity index (χ1) is 16.9. The van der Waals surface area contributed by atoms with Crippen LogP contribution in [-0.2, 0) is 13.6 Å². The normalized spacial score (nSPS) is 11.8. The van der Waals surface area contributed by atoms with Gasteiger partial charge < -0.3 is 20.4 Å². The maximum atomic E-state index is 11.4. The van der Waals surface area contributed by atoms with Crippen LogP contribution in [0.5, 0.6) is 5.88 Å². The lowest BCUT2D eigenvalue weighted by Crippen LogP contribution is -2.04. The highest BCUT2D eigenvalue weighted by atomic mass is 16.6. The van der Waals surface area contributed by atoms with Crippen molar-refractivity contribution in [2.24, 2.45) is 17.8 Å². The van der Waals surface area contributed by atoms with E-state index in [1.165, 1.54) is 12.1 Å². The minimum atomic E-state index is -0.462. The number of hydrogen-bond acceptors (Lipinski definition) is 6. The zero-order valence-corrected chi connectivity index (χ0v) is 18.8. The Bertz CT molecular complexity index is 1560. The van der Waals surface area contributed by atoms with Crippen molar-refractivity contribution in [1.82, 2.24) is 14.5 Å². The predicted octanol–water partition coefficient (Wildman–Crippen LogP) is 4.81. The lowest BCUT2D eigenvalue weighted by Gasteiger charge is -2.09. The molecule has 0 aliphatic rings. The molecule has 5 rings (SSSR count). The Hall–Kier alpha value is -4.76. The minimum Gasteiger partial charge on any atom is -0.494 e. The van der Waals surface area contributed by atoms with Crippen LogP contribution >= 0.6 is 0 Å². The van der Waals surface area contributed by atoms with Crippen LogP contribution < -0.4 is 5.73 Å². The first kappa shape index (κ1) is 22.1. The van der Waals surface area contributed by atoms with E-state index in [0.717, 1.165) is 22.5 Å². The van der Waals surface area contributed by atoms with E-state index >= 15 is 0 Å². The quantitative estimate of drug-likeness (QED) is 0.187. The average molecular weight is 467 g/mol. The van der Waals surface area contributed by atoms with E-state index in [1.54, 1.807) is 12.3 Å². The number of aromatic amines is 1. The largest absolute Gasteiger partial charge is 0.494 e. The maximum absolute atomic E-state index is 11.4. The molecule has 174 valence electrons. The molecule has 0 atom stereocenters. The third-order valence-corrected chi connectivity index (χ3v) is 5.86. The second-order valence-corrected chi connectivity index (χ2v) is 8.11. The monoisotopic (exact) mass is 466 g/mol. The number of nitrogens with one attached hydrogen (secondary N) is 1. The molecule has 3 aromatic carbocycles. The van der Waals surface area contributed by atoms with Gasteiger partial charge in [0.1, 0.15) is 5.82 Å². The molecular formula is C26H22N6O3. The smallest absolute Gasteiger partial charge is 0.270 e. The first-order valence-electron chi connectivity index (χ1n) is 10.9. The summed E-state index contributed by atoms with van der Waals surface area (Å²) in [6.07, 6.45) is 3.62. The summed E-state index contributed by atoms with van der Waals surface area (Å²) in [5, 5.41) is 22.7. The summed E-state index contributed by atoms with van der Waals surface area (Å²) < 4.78 is 1.93. The maximum Gasteiger partial charge on any atom is 0.270 e. The Balaban J connectivity index is 1.68. The minimum absolute atomic E-state index is 0.0741. The van der Waals surface area contributed by atoms with Gasteiger partial charge in [-0.25, -0.2) is 9.98 Å². The van der Waals surface area contributed by atoms with E-state index in [4.69, 9.17) is 10.7 Å². The number of imidazole rings is 1. The Morgan fingerprint density at radius 3 is 2.51 bits per heavy atom. The van der Waals surface area contributed by atoms with Crippen molar-refractivity contribution in [2.45, 2.75) is 6.54 Å². The Kier molecular flexibility index (Phi) is 5.60. The number of nitrogens with zero attached hydrogens (tertiary/aromatic N) is 4. The Morgan fingerprint density at radius 1 is 1.14 bits per heavy atom. The second-order valence-electron chi connectivity index (χ2n) is 8.11. The van der Waals surface area contributed by atoms with Gasteiger partial charge in [0.15, 0.2) is 5.88 Å². The van der Waals surface area contributed by atoms with Gasteiger partial charge in [0.05, 0.1) is 21.9 Å². The van der Waals surface area contributed by atoms with Gasteiger partial charge in [-0.3, -0.25) is 10.1 Å². The zero-order valence-electron chi connectivity index (χ0n) is 18.8. The van der Waals surface area contributed by atoms with Crippen molar-refractivity contribution in [3.63, 3.8) is 0 Å². The van der Waals surface area contributed by atoms with E-state index in [1.807, 2.05) is 66.3 Å². The van der Waals surface area contributed by atoms with Gasteiger partial charge >= 0.3 is 0 Å². The van der Waals surface area contributed by atoms with Crippen molar-refractivity contribution in [2.75, 3.05) is 0 Å². The van der Waals surface area contributed by atoms with Crippen molar-refractivity contribution in [1.29, 1.82) is 0 Å².